The van der Waals surface area contributed by atoms with E-state index in [0.717, 1.165) is 32.3 Å². The lowest BCUT2D eigenvalue weighted by Gasteiger charge is -2.18. The first kappa shape index (κ1) is 19.4. The number of aromatic amines is 1. The second kappa shape index (κ2) is 8.24. The van der Waals surface area contributed by atoms with Gasteiger partial charge in [-0.3, -0.25) is 15.1 Å². The maximum atomic E-state index is 13.1. The zero-order chi connectivity index (χ0) is 21.1. The number of carbonyl (C=O) groups is 1. The van der Waals surface area contributed by atoms with Gasteiger partial charge in [-0.2, -0.15) is 5.10 Å². The number of nitrogens with one attached hydrogen (secondary N) is 1. The van der Waals surface area contributed by atoms with Crippen molar-refractivity contribution >= 4 is 16.8 Å². The van der Waals surface area contributed by atoms with Gasteiger partial charge in [0.1, 0.15) is 5.75 Å². The van der Waals surface area contributed by atoms with E-state index in [1.165, 1.54) is 0 Å². The van der Waals surface area contributed by atoms with Gasteiger partial charge in [-0.25, -0.2) is 0 Å². The van der Waals surface area contributed by atoms with E-state index in [0.29, 0.717) is 24.5 Å². The van der Waals surface area contributed by atoms with Crippen LogP contribution in [0.5, 0.6) is 5.75 Å². The van der Waals surface area contributed by atoms with Crippen LogP contribution in [-0.4, -0.2) is 39.9 Å². The first-order valence-electron chi connectivity index (χ1n) is 9.71. The molecule has 0 spiro atoms. The molecule has 0 aliphatic rings. The molecule has 4 rings (SSSR count). The molecular formula is C23H23N4O3+. The molecule has 0 atom stereocenters. The fourth-order valence-corrected chi connectivity index (χ4v) is 3.51. The van der Waals surface area contributed by atoms with Crippen molar-refractivity contribution in [2.24, 2.45) is 0 Å². The third kappa shape index (κ3) is 3.82. The predicted molar refractivity (Wildman–Crippen MR) is 112 cm³/mol. The molecule has 0 aliphatic carbocycles. The topological polar surface area (TPSA) is 82.3 Å². The summed E-state index contributed by atoms with van der Waals surface area (Å²) >= 11 is 0. The van der Waals surface area contributed by atoms with Crippen LogP contribution in [0.15, 0.2) is 67.1 Å². The summed E-state index contributed by atoms with van der Waals surface area (Å²) in [6.07, 6.45) is 4.75. The van der Waals surface area contributed by atoms with Crippen LogP contribution >= 0.6 is 0 Å². The number of pyridine rings is 1. The molecule has 0 bridgehead atoms. The third-order valence-electron chi connectivity index (χ3n) is 4.92. The predicted octanol–water partition coefficient (Wildman–Crippen LogP) is 3.43. The number of carbonyl (C=O) groups excluding carboxylic acids is 1. The summed E-state index contributed by atoms with van der Waals surface area (Å²) in [5, 5.41) is 17.6. The monoisotopic (exact) mass is 403 g/mol. The zero-order valence-electron chi connectivity index (χ0n) is 16.9. The molecule has 2 heterocycles. The van der Waals surface area contributed by atoms with Crippen LogP contribution in [0.3, 0.4) is 0 Å². The molecule has 0 unspecified atom stereocenters. The summed E-state index contributed by atoms with van der Waals surface area (Å²) in [6.45, 7) is 2.74. The lowest BCUT2D eigenvalue weighted by Crippen LogP contribution is -2.32. The third-order valence-corrected chi connectivity index (χ3v) is 4.92. The Bertz CT molecular complexity index is 1190. The highest BCUT2D eigenvalue weighted by atomic mass is 16.5. The van der Waals surface area contributed by atoms with Gasteiger partial charge in [0.2, 0.25) is 12.4 Å². The molecule has 0 saturated heterocycles. The molecule has 4 aromatic rings. The Morgan fingerprint density at radius 1 is 1.20 bits per heavy atom. The van der Waals surface area contributed by atoms with Crippen LogP contribution in [0.2, 0.25) is 0 Å². The van der Waals surface area contributed by atoms with Crippen LogP contribution in [-0.2, 0) is 6.54 Å². The van der Waals surface area contributed by atoms with Gasteiger partial charge in [-0.05, 0) is 30.7 Å². The number of rotatable bonds is 6. The Labute approximate surface area is 174 Å². The smallest absolute Gasteiger partial charge is 0.254 e. The minimum Gasteiger partial charge on any atom is -0.493 e. The number of hydrogen-bond donors (Lipinski definition) is 2. The average molecular weight is 403 g/mol. The fourth-order valence-electron chi connectivity index (χ4n) is 3.51. The highest BCUT2D eigenvalue weighted by Crippen LogP contribution is 2.31. The van der Waals surface area contributed by atoms with E-state index in [1.807, 2.05) is 49.4 Å². The number of H-pyrrole nitrogens is 1. The lowest BCUT2D eigenvalue weighted by molar-refractivity contribution is -0.904. The summed E-state index contributed by atoms with van der Waals surface area (Å²) in [6, 6.07) is 15.5. The highest BCUT2D eigenvalue weighted by Gasteiger charge is 2.19. The maximum Gasteiger partial charge on any atom is 0.254 e. The van der Waals surface area contributed by atoms with Crippen LogP contribution in [0.25, 0.3) is 22.0 Å². The Hall–Kier alpha value is -3.87. The van der Waals surface area contributed by atoms with E-state index in [-0.39, 0.29) is 5.91 Å². The van der Waals surface area contributed by atoms with E-state index in [9.17, 15) is 10.0 Å². The Morgan fingerprint density at radius 2 is 2.00 bits per heavy atom. The van der Waals surface area contributed by atoms with Gasteiger partial charge in [0.25, 0.3) is 5.91 Å². The standard InChI is InChI=1S/C23H22N4O3/c1-3-30-21-11-17(9-10-20(21)16-7-5-4-6-8-16)23(28)26(2)13-19-15-27(29)14-18-12-24-25-22(18)19/h4-12,14-15,29H,3,13H2,1-2H3/p+1. The van der Waals surface area contributed by atoms with E-state index in [1.54, 1.807) is 36.6 Å². The molecule has 0 radical (unpaired) electrons. The molecule has 30 heavy (non-hydrogen) atoms. The SMILES string of the molecule is CCOc1cc(C(=O)N(C)Cc2c[n+](O)cc3cn[nH]c23)ccc1-c1ccccc1. The molecule has 7 nitrogen and oxygen atoms in total. The van der Waals surface area contributed by atoms with Gasteiger partial charge >= 0.3 is 0 Å². The number of amides is 1. The minimum atomic E-state index is -0.142. The van der Waals surface area contributed by atoms with Gasteiger partial charge in [0.15, 0.2) is 0 Å². The molecule has 152 valence electrons. The largest absolute Gasteiger partial charge is 0.493 e. The molecule has 7 heteroatoms. The summed E-state index contributed by atoms with van der Waals surface area (Å²) in [4.78, 5) is 14.7. The Morgan fingerprint density at radius 3 is 2.77 bits per heavy atom. The number of nitrogens with zero attached hydrogens (tertiary/aromatic N) is 3. The van der Waals surface area contributed by atoms with Gasteiger partial charge in [0, 0.05) is 22.9 Å². The van der Waals surface area contributed by atoms with Crippen molar-refractivity contribution in [3.05, 3.63) is 78.2 Å². The summed E-state index contributed by atoms with van der Waals surface area (Å²) in [7, 11) is 1.73. The number of hydrogen-bond acceptors (Lipinski definition) is 4. The van der Waals surface area contributed by atoms with Crippen LogP contribution in [0.4, 0.5) is 0 Å². The van der Waals surface area contributed by atoms with Crippen molar-refractivity contribution < 1.29 is 19.5 Å². The second-order valence-corrected chi connectivity index (χ2v) is 7.03. The quantitative estimate of drug-likeness (QED) is 0.382. The molecule has 2 aromatic carbocycles. The number of fused-ring (bicyclic) bond motifs is 1. The van der Waals surface area contributed by atoms with E-state index < -0.39 is 0 Å². The van der Waals surface area contributed by atoms with Crippen LogP contribution in [0, 0.1) is 0 Å². The van der Waals surface area contributed by atoms with E-state index in [4.69, 9.17) is 4.74 Å². The maximum absolute atomic E-state index is 13.1. The molecule has 0 fully saturated rings. The average Bonchev–Trinajstić information content (AvgIpc) is 3.22. The van der Waals surface area contributed by atoms with Crippen molar-refractivity contribution in [2.45, 2.75) is 13.5 Å². The van der Waals surface area contributed by atoms with Crippen molar-refractivity contribution in [3.63, 3.8) is 0 Å². The molecule has 2 aromatic heterocycles. The number of ether oxygens (including phenoxy) is 1. The van der Waals surface area contributed by atoms with Gasteiger partial charge < -0.3 is 9.64 Å². The highest BCUT2D eigenvalue weighted by molar-refractivity contribution is 5.95. The first-order valence-corrected chi connectivity index (χ1v) is 9.71. The molecule has 1 amide bonds. The molecule has 0 aliphatic heterocycles. The van der Waals surface area contributed by atoms with Crippen molar-refractivity contribution in [1.82, 2.24) is 15.1 Å². The summed E-state index contributed by atoms with van der Waals surface area (Å²) in [5.41, 5.74) is 4.06. The van der Waals surface area contributed by atoms with E-state index in [2.05, 4.69) is 10.2 Å². The fraction of sp³-hybridized carbons (Fsp3) is 0.174. The zero-order valence-corrected chi connectivity index (χ0v) is 16.9. The van der Waals surface area contributed by atoms with Crippen LogP contribution < -0.4 is 9.47 Å². The second-order valence-electron chi connectivity index (χ2n) is 7.03. The van der Waals surface area contributed by atoms with Gasteiger partial charge in [-0.15, -0.1) is 0 Å². The van der Waals surface area contributed by atoms with Crippen molar-refractivity contribution in [1.29, 1.82) is 0 Å². The van der Waals surface area contributed by atoms with Gasteiger partial charge in [0.05, 0.1) is 35.8 Å². The van der Waals surface area contributed by atoms with Gasteiger partial charge in [-0.1, -0.05) is 30.3 Å². The summed E-state index contributed by atoms with van der Waals surface area (Å²) in [5.74, 6) is 0.531. The van der Waals surface area contributed by atoms with Crippen molar-refractivity contribution in [3.8, 4) is 16.9 Å². The summed E-state index contributed by atoms with van der Waals surface area (Å²) < 4.78 is 6.80. The van der Waals surface area contributed by atoms with E-state index >= 15 is 0 Å². The Balaban J connectivity index is 1.62. The minimum absolute atomic E-state index is 0.142. The molecule has 0 saturated carbocycles. The lowest BCUT2D eigenvalue weighted by atomic mass is 10.0. The van der Waals surface area contributed by atoms with Crippen LogP contribution in [0.1, 0.15) is 22.8 Å². The molecule has 2 N–H and O–H groups in total. The number of aromatic nitrogens is 3. The normalized spacial score (nSPS) is 10.9. The number of benzene rings is 2. The first-order chi connectivity index (χ1) is 14.6. The Kier molecular flexibility index (Phi) is 5.34. The molecular weight excluding hydrogens is 380 g/mol. The van der Waals surface area contributed by atoms with Crippen molar-refractivity contribution in [2.75, 3.05) is 13.7 Å².